The first-order valence-electron chi connectivity index (χ1n) is 2.89. The molecule has 0 atom stereocenters. The van der Waals surface area contributed by atoms with E-state index in [0.29, 0.717) is 17.3 Å². The fourth-order valence-corrected chi connectivity index (χ4v) is 0.733. The fourth-order valence-electron chi connectivity index (χ4n) is 0.733. The maximum Gasteiger partial charge on any atom is 0.149 e. The van der Waals surface area contributed by atoms with Gasteiger partial charge in [0, 0.05) is 0 Å². The first-order chi connectivity index (χ1) is 4.61. The standard InChI is InChI=1S/C6H10N4/c1-3-2-4(7)10-6(9)5(3)8/h2H,8H2,1H3,(H4,7,9,10). The zero-order chi connectivity index (χ0) is 7.72. The van der Waals surface area contributed by atoms with Crippen LogP contribution in [0.15, 0.2) is 6.07 Å². The van der Waals surface area contributed by atoms with Gasteiger partial charge in [-0.2, -0.15) is 0 Å². The Kier molecular flexibility index (Phi) is 1.37. The number of hydrogen-bond acceptors (Lipinski definition) is 4. The average molecular weight is 138 g/mol. The third-order valence-corrected chi connectivity index (χ3v) is 1.31. The third kappa shape index (κ3) is 0.953. The summed E-state index contributed by atoms with van der Waals surface area (Å²) in [6, 6.07) is 1.69. The Bertz CT molecular complexity index is 233. The van der Waals surface area contributed by atoms with E-state index in [1.807, 2.05) is 6.92 Å². The lowest BCUT2D eigenvalue weighted by atomic mass is 10.2. The first-order valence-corrected chi connectivity index (χ1v) is 2.89. The molecule has 0 saturated heterocycles. The van der Waals surface area contributed by atoms with Gasteiger partial charge in [-0.1, -0.05) is 0 Å². The largest absolute Gasteiger partial charge is 0.396 e. The van der Waals surface area contributed by atoms with Crippen LogP contribution in [0.25, 0.3) is 0 Å². The molecule has 10 heavy (non-hydrogen) atoms. The van der Waals surface area contributed by atoms with Crippen LogP contribution in [0.3, 0.4) is 0 Å². The number of aromatic nitrogens is 1. The molecular weight excluding hydrogens is 128 g/mol. The lowest BCUT2D eigenvalue weighted by molar-refractivity contribution is 1.31. The summed E-state index contributed by atoms with van der Waals surface area (Å²) in [7, 11) is 0. The second-order valence-corrected chi connectivity index (χ2v) is 2.16. The number of hydrogen-bond donors (Lipinski definition) is 3. The Morgan fingerprint density at radius 2 is 1.90 bits per heavy atom. The smallest absolute Gasteiger partial charge is 0.149 e. The maximum absolute atomic E-state index is 5.51. The van der Waals surface area contributed by atoms with Crippen LogP contribution in [0.1, 0.15) is 5.56 Å². The molecule has 0 fully saturated rings. The number of nitrogen functional groups attached to an aromatic ring is 3. The highest BCUT2D eigenvalue weighted by molar-refractivity contribution is 5.65. The highest BCUT2D eigenvalue weighted by Crippen LogP contribution is 2.18. The summed E-state index contributed by atoms with van der Waals surface area (Å²) < 4.78 is 0. The molecule has 0 amide bonds. The molecular formula is C6H10N4. The van der Waals surface area contributed by atoms with E-state index in [0.717, 1.165) is 5.56 Å². The molecule has 1 heterocycles. The van der Waals surface area contributed by atoms with Gasteiger partial charge >= 0.3 is 0 Å². The third-order valence-electron chi connectivity index (χ3n) is 1.31. The van der Waals surface area contributed by atoms with Crippen LogP contribution in [0.4, 0.5) is 17.3 Å². The van der Waals surface area contributed by atoms with Gasteiger partial charge in [-0.25, -0.2) is 4.98 Å². The van der Waals surface area contributed by atoms with Gasteiger partial charge in [0.15, 0.2) is 0 Å². The fraction of sp³-hybridized carbons (Fsp3) is 0.167. The Morgan fingerprint density at radius 1 is 1.30 bits per heavy atom. The molecule has 0 aromatic carbocycles. The maximum atomic E-state index is 5.51. The number of nitrogens with zero attached hydrogens (tertiary/aromatic N) is 1. The Labute approximate surface area is 59.0 Å². The first kappa shape index (κ1) is 6.67. The van der Waals surface area contributed by atoms with E-state index in [1.54, 1.807) is 6.07 Å². The van der Waals surface area contributed by atoms with Gasteiger partial charge in [-0.15, -0.1) is 0 Å². The zero-order valence-corrected chi connectivity index (χ0v) is 5.76. The molecule has 1 aromatic heterocycles. The molecule has 0 aliphatic rings. The minimum absolute atomic E-state index is 0.303. The van der Waals surface area contributed by atoms with E-state index < -0.39 is 0 Å². The van der Waals surface area contributed by atoms with Crippen molar-refractivity contribution < 1.29 is 0 Å². The molecule has 0 radical (unpaired) electrons. The predicted molar refractivity (Wildman–Crippen MR) is 42.2 cm³/mol. The normalized spacial score (nSPS) is 9.70. The highest BCUT2D eigenvalue weighted by Gasteiger charge is 1.99. The summed E-state index contributed by atoms with van der Waals surface area (Å²) in [4.78, 5) is 3.76. The van der Waals surface area contributed by atoms with Gasteiger partial charge < -0.3 is 17.2 Å². The van der Waals surface area contributed by atoms with Gasteiger partial charge in [-0.3, -0.25) is 0 Å². The molecule has 0 aliphatic heterocycles. The topological polar surface area (TPSA) is 90.9 Å². The van der Waals surface area contributed by atoms with Crippen LogP contribution in [0, 0.1) is 6.92 Å². The molecule has 1 rings (SSSR count). The lowest BCUT2D eigenvalue weighted by Gasteiger charge is -2.02. The van der Waals surface area contributed by atoms with Crippen molar-refractivity contribution in [2.45, 2.75) is 6.92 Å². The number of aryl methyl sites for hydroxylation is 1. The summed E-state index contributed by atoms with van der Waals surface area (Å²) in [5.74, 6) is 0.710. The average Bonchev–Trinajstić information content (AvgIpc) is 1.82. The summed E-state index contributed by atoms with van der Waals surface area (Å²) in [5, 5.41) is 0. The predicted octanol–water partition coefficient (Wildman–Crippen LogP) is 0.137. The van der Waals surface area contributed by atoms with Gasteiger partial charge in [0.1, 0.15) is 11.6 Å². The summed E-state index contributed by atoms with van der Waals surface area (Å²) in [6.45, 7) is 1.84. The van der Waals surface area contributed by atoms with Crippen LogP contribution in [0.2, 0.25) is 0 Å². The van der Waals surface area contributed by atoms with Crippen LogP contribution < -0.4 is 17.2 Å². The number of pyridine rings is 1. The van der Waals surface area contributed by atoms with Crippen LogP contribution >= 0.6 is 0 Å². The second-order valence-electron chi connectivity index (χ2n) is 2.16. The van der Waals surface area contributed by atoms with Crippen molar-refractivity contribution in [3.05, 3.63) is 11.6 Å². The molecule has 4 heteroatoms. The van der Waals surface area contributed by atoms with Crippen molar-refractivity contribution in [3.8, 4) is 0 Å². The van der Waals surface area contributed by atoms with Crippen molar-refractivity contribution in [3.63, 3.8) is 0 Å². The van der Waals surface area contributed by atoms with E-state index >= 15 is 0 Å². The minimum atomic E-state index is 0.303. The SMILES string of the molecule is Cc1cc(N)nc(N)c1N. The molecule has 54 valence electrons. The summed E-state index contributed by atoms with van der Waals surface area (Å²) in [5.41, 5.74) is 17.7. The molecule has 0 aliphatic carbocycles. The second kappa shape index (κ2) is 2.06. The molecule has 0 bridgehead atoms. The monoisotopic (exact) mass is 138 g/mol. The van der Waals surface area contributed by atoms with Crippen molar-refractivity contribution in [1.82, 2.24) is 4.98 Å². The van der Waals surface area contributed by atoms with E-state index in [9.17, 15) is 0 Å². The van der Waals surface area contributed by atoms with Crippen molar-refractivity contribution in [2.24, 2.45) is 0 Å². The molecule has 4 nitrogen and oxygen atoms in total. The Balaban J connectivity index is 3.31. The van der Waals surface area contributed by atoms with Crippen molar-refractivity contribution in [1.29, 1.82) is 0 Å². The van der Waals surface area contributed by atoms with Crippen LogP contribution in [-0.2, 0) is 0 Å². The molecule has 0 spiro atoms. The molecule has 1 aromatic rings. The lowest BCUT2D eigenvalue weighted by Crippen LogP contribution is -2.02. The van der Waals surface area contributed by atoms with Gasteiger partial charge in [0.25, 0.3) is 0 Å². The molecule has 0 saturated carbocycles. The summed E-state index contributed by atoms with van der Waals surface area (Å²) in [6.07, 6.45) is 0. The molecule has 6 N–H and O–H groups in total. The van der Waals surface area contributed by atoms with Gasteiger partial charge in [0.05, 0.1) is 5.69 Å². The highest BCUT2D eigenvalue weighted by atomic mass is 14.9. The quantitative estimate of drug-likeness (QED) is 0.475. The minimum Gasteiger partial charge on any atom is -0.396 e. The van der Waals surface area contributed by atoms with E-state index in [4.69, 9.17) is 17.2 Å². The van der Waals surface area contributed by atoms with E-state index in [1.165, 1.54) is 0 Å². The van der Waals surface area contributed by atoms with Gasteiger partial charge in [-0.05, 0) is 18.6 Å². The van der Waals surface area contributed by atoms with Crippen LogP contribution in [-0.4, -0.2) is 4.98 Å². The number of anilines is 3. The van der Waals surface area contributed by atoms with Crippen molar-refractivity contribution in [2.75, 3.05) is 17.2 Å². The van der Waals surface area contributed by atoms with E-state index in [-0.39, 0.29) is 0 Å². The van der Waals surface area contributed by atoms with Crippen LogP contribution in [0.5, 0.6) is 0 Å². The Morgan fingerprint density at radius 3 is 2.40 bits per heavy atom. The molecule has 0 unspecified atom stereocenters. The number of nitrogens with two attached hydrogens (primary N) is 3. The Hall–Kier alpha value is -1.45. The van der Waals surface area contributed by atoms with Crippen molar-refractivity contribution >= 4 is 17.3 Å². The zero-order valence-electron chi connectivity index (χ0n) is 5.76. The summed E-state index contributed by atoms with van der Waals surface area (Å²) >= 11 is 0. The van der Waals surface area contributed by atoms with E-state index in [2.05, 4.69) is 4.98 Å². The number of rotatable bonds is 0. The van der Waals surface area contributed by atoms with Gasteiger partial charge in [0.2, 0.25) is 0 Å².